The highest BCUT2D eigenvalue weighted by Gasteiger charge is 2.31. The molecule has 1 aromatic heterocycles. The fourth-order valence-corrected chi connectivity index (χ4v) is 3.04. The van der Waals surface area contributed by atoms with Crippen LogP contribution in [0.1, 0.15) is 5.56 Å². The van der Waals surface area contributed by atoms with Gasteiger partial charge in [-0.05, 0) is 42.5 Å². The molecule has 32 heavy (non-hydrogen) atoms. The first-order chi connectivity index (χ1) is 15.2. The van der Waals surface area contributed by atoms with Gasteiger partial charge in [-0.1, -0.05) is 0 Å². The first kappa shape index (κ1) is 21.3. The summed E-state index contributed by atoms with van der Waals surface area (Å²) in [6.07, 6.45) is -4.70. The van der Waals surface area contributed by atoms with E-state index in [9.17, 15) is 27.2 Å². The van der Waals surface area contributed by atoms with Crippen LogP contribution in [0.2, 0.25) is 0 Å². The minimum atomic E-state index is -4.70. The zero-order chi connectivity index (χ0) is 22.9. The van der Waals surface area contributed by atoms with Crippen molar-refractivity contribution in [2.24, 2.45) is 0 Å². The van der Waals surface area contributed by atoms with Crippen LogP contribution in [0, 0.1) is 5.82 Å². The Morgan fingerprint density at radius 1 is 1.03 bits per heavy atom. The molecule has 0 atom stereocenters. The van der Waals surface area contributed by atoms with Crippen molar-refractivity contribution in [3.63, 3.8) is 0 Å². The second-order valence-corrected chi connectivity index (χ2v) is 6.81. The fraction of sp³-hybridized carbons (Fsp3) is 0.190. The zero-order valence-electron chi connectivity index (χ0n) is 16.3. The van der Waals surface area contributed by atoms with Crippen molar-refractivity contribution in [2.45, 2.75) is 12.7 Å². The number of hydrogen-bond donors (Lipinski definition) is 1. The summed E-state index contributed by atoms with van der Waals surface area (Å²) in [5.74, 6) is -0.893. The van der Waals surface area contributed by atoms with E-state index in [0.29, 0.717) is 54.2 Å². The number of amides is 1. The summed E-state index contributed by atoms with van der Waals surface area (Å²) >= 11 is 0. The van der Waals surface area contributed by atoms with Crippen LogP contribution in [0.5, 0.6) is 11.5 Å². The molecule has 166 valence electrons. The Morgan fingerprint density at radius 3 is 2.53 bits per heavy atom. The molecule has 1 amide bonds. The van der Waals surface area contributed by atoms with Crippen molar-refractivity contribution < 1.29 is 31.8 Å². The summed E-state index contributed by atoms with van der Waals surface area (Å²) in [5.41, 5.74) is -1.45. The number of hydrogen-bond acceptors (Lipinski definition) is 5. The number of carbonyl (C=O) groups is 1. The van der Waals surface area contributed by atoms with E-state index in [1.807, 2.05) is 5.32 Å². The second-order valence-electron chi connectivity index (χ2n) is 6.81. The molecule has 0 radical (unpaired) electrons. The fourth-order valence-electron chi connectivity index (χ4n) is 3.04. The summed E-state index contributed by atoms with van der Waals surface area (Å²) in [7, 11) is 0. The smallest absolute Gasteiger partial charge is 0.416 e. The van der Waals surface area contributed by atoms with Crippen LogP contribution in [0.25, 0.3) is 11.3 Å². The molecule has 2 aromatic carbocycles. The van der Waals surface area contributed by atoms with E-state index in [4.69, 9.17) is 9.47 Å². The summed E-state index contributed by atoms with van der Waals surface area (Å²) in [5, 5.41) is 6.17. The third kappa shape index (κ3) is 4.56. The Hall–Kier alpha value is -3.89. The Bertz CT molecular complexity index is 1240. The quantitative estimate of drug-likeness (QED) is 0.617. The van der Waals surface area contributed by atoms with Gasteiger partial charge in [-0.3, -0.25) is 9.59 Å². The molecule has 1 N–H and O–H groups in total. The number of fused-ring (bicyclic) bond motifs is 1. The van der Waals surface area contributed by atoms with E-state index in [1.165, 1.54) is 12.1 Å². The van der Waals surface area contributed by atoms with Gasteiger partial charge in [0.2, 0.25) is 5.91 Å². The molecule has 11 heteroatoms. The van der Waals surface area contributed by atoms with Crippen LogP contribution in [-0.4, -0.2) is 28.9 Å². The molecule has 0 saturated heterocycles. The van der Waals surface area contributed by atoms with Crippen molar-refractivity contribution in [2.75, 3.05) is 18.5 Å². The number of anilines is 1. The minimum Gasteiger partial charge on any atom is -0.486 e. The maximum absolute atomic E-state index is 13.9. The summed E-state index contributed by atoms with van der Waals surface area (Å²) in [6.45, 7) is 0.180. The van der Waals surface area contributed by atoms with Gasteiger partial charge in [0.1, 0.15) is 25.6 Å². The van der Waals surface area contributed by atoms with Gasteiger partial charge in [-0.15, -0.1) is 0 Å². The topological polar surface area (TPSA) is 82.5 Å². The first-order valence-corrected chi connectivity index (χ1v) is 9.35. The van der Waals surface area contributed by atoms with E-state index in [-0.39, 0.29) is 0 Å². The standard InChI is InChI=1S/C21H15F4N3O4/c22-14-3-2-13(21(23,24)25)10-16(14)26-19(29)11-28-20(30)6-4-15(27-28)12-1-5-17-18(9-12)32-8-7-31-17/h1-6,9-10H,7-8,11H2,(H,26,29). The molecule has 1 aliphatic rings. The molecule has 1 aliphatic heterocycles. The van der Waals surface area contributed by atoms with Gasteiger partial charge in [0.15, 0.2) is 11.5 Å². The van der Waals surface area contributed by atoms with E-state index in [1.54, 1.807) is 18.2 Å². The van der Waals surface area contributed by atoms with Gasteiger partial charge >= 0.3 is 6.18 Å². The van der Waals surface area contributed by atoms with E-state index >= 15 is 0 Å². The average Bonchev–Trinajstić information content (AvgIpc) is 2.75. The SMILES string of the molecule is O=C(Cn1nc(-c2ccc3c(c2)OCCO3)ccc1=O)Nc1cc(C(F)(F)F)ccc1F. The number of nitrogens with zero attached hydrogens (tertiary/aromatic N) is 2. The van der Waals surface area contributed by atoms with Gasteiger partial charge in [-0.25, -0.2) is 9.07 Å². The van der Waals surface area contributed by atoms with Gasteiger partial charge in [-0.2, -0.15) is 18.3 Å². The Balaban J connectivity index is 1.55. The molecule has 0 unspecified atom stereocenters. The summed E-state index contributed by atoms with van der Waals surface area (Å²) < 4.78 is 64.2. The number of nitrogens with one attached hydrogen (secondary N) is 1. The Labute approximate surface area is 178 Å². The molecular weight excluding hydrogens is 434 g/mol. The van der Waals surface area contributed by atoms with Crippen LogP contribution < -0.4 is 20.3 Å². The van der Waals surface area contributed by atoms with E-state index in [0.717, 1.165) is 4.68 Å². The number of alkyl halides is 3. The van der Waals surface area contributed by atoms with Gasteiger partial charge in [0.05, 0.1) is 16.9 Å². The monoisotopic (exact) mass is 449 g/mol. The van der Waals surface area contributed by atoms with Crippen molar-refractivity contribution in [3.8, 4) is 22.8 Å². The second kappa shape index (κ2) is 8.33. The number of halogens is 4. The number of benzene rings is 2. The van der Waals surface area contributed by atoms with Gasteiger partial charge < -0.3 is 14.8 Å². The average molecular weight is 449 g/mol. The lowest BCUT2D eigenvalue weighted by atomic mass is 10.1. The lowest BCUT2D eigenvalue weighted by Crippen LogP contribution is -2.29. The third-order valence-electron chi connectivity index (χ3n) is 4.57. The molecular formula is C21H15F4N3O4. The number of carbonyl (C=O) groups excluding carboxylic acids is 1. The predicted octanol–water partition coefficient (Wildman–Crippen LogP) is 3.48. The highest BCUT2D eigenvalue weighted by atomic mass is 19.4. The Morgan fingerprint density at radius 2 is 1.78 bits per heavy atom. The Kier molecular flexibility index (Phi) is 5.56. The lowest BCUT2D eigenvalue weighted by molar-refractivity contribution is -0.137. The van der Waals surface area contributed by atoms with Crippen molar-refractivity contribution in [1.29, 1.82) is 0 Å². The zero-order valence-corrected chi connectivity index (χ0v) is 16.3. The van der Waals surface area contributed by atoms with E-state index < -0.39 is 41.3 Å². The molecule has 7 nitrogen and oxygen atoms in total. The number of ether oxygens (including phenoxy) is 2. The highest BCUT2D eigenvalue weighted by Crippen LogP contribution is 2.34. The summed E-state index contributed by atoms with van der Waals surface area (Å²) in [4.78, 5) is 24.4. The molecule has 2 heterocycles. The van der Waals surface area contributed by atoms with Crippen LogP contribution >= 0.6 is 0 Å². The third-order valence-corrected chi connectivity index (χ3v) is 4.57. The number of aromatic nitrogens is 2. The molecule has 4 rings (SSSR count). The van der Waals surface area contributed by atoms with E-state index in [2.05, 4.69) is 5.10 Å². The minimum absolute atomic E-state index is 0.347. The molecule has 0 fully saturated rings. The van der Waals surface area contributed by atoms with Gasteiger partial charge in [0.25, 0.3) is 5.56 Å². The van der Waals surface area contributed by atoms with Crippen molar-refractivity contribution >= 4 is 11.6 Å². The normalized spacial score (nSPS) is 13.0. The van der Waals surface area contributed by atoms with Crippen molar-refractivity contribution in [3.05, 3.63) is 70.3 Å². The van der Waals surface area contributed by atoms with Crippen LogP contribution in [0.15, 0.2) is 53.3 Å². The highest BCUT2D eigenvalue weighted by molar-refractivity contribution is 5.90. The van der Waals surface area contributed by atoms with Crippen LogP contribution in [0.3, 0.4) is 0 Å². The molecule has 3 aromatic rings. The maximum atomic E-state index is 13.9. The molecule has 0 spiro atoms. The molecule has 0 bridgehead atoms. The first-order valence-electron chi connectivity index (χ1n) is 9.35. The number of rotatable bonds is 4. The van der Waals surface area contributed by atoms with Crippen LogP contribution in [-0.2, 0) is 17.5 Å². The molecule has 0 saturated carbocycles. The predicted molar refractivity (Wildman–Crippen MR) is 105 cm³/mol. The maximum Gasteiger partial charge on any atom is 0.416 e. The molecule has 0 aliphatic carbocycles. The van der Waals surface area contributed by atoms with Crippen molar-refractivity contribution in [1.82, 2.24) is 9.78 Å². The lowest BCUT2D eigenvalue weighted by Gasteiger charge is -2.18. The summed E-state index contributed by atoms with van der Waals surface area (Å²) in [6, 6.07) is 9.34. The van der Waals surface area contributed by atoms with Crippen LogP contribution in [0.4, 0.5) is 23.2 Å². The largest absolute Gasteiger partial charge is 0.486 e. The van der Waals surface area contributed by atoms with Gasteiger partial charge in [0, 0.05) is 11.6 Å².